The molecule has 1 aliphatic rings. The monoisotopic (exact) mass is 460 g/mol. The van der Waals surface area contributed by atoms with Crippen molar-refractivity contribution in [2.24, 2.45) is 0 Å². The van der Waals surface area contributed by atoms with E-state index in [9.17, 15) is 9.90 Å². The fourth-order valence-electron chi connectivity index (χ4n) is 3.06. The Morgan fingerprint density at radius 2 is 2.21 bits per heavy atom. The number of aromatic nitrogens is 3. The lowest BCUT2D eigenvalue weighted by atomic mass is 10.1. The van der Waals surface area contributed by atoms with Gasteiger partial charge in [-0.3, -0.25) is 4.79 Å². The van der Waals surface area contributed by atoms with Crippen molar-refractivity contribution in [2.75, 3.05) is 13.2 Å². The zero-order chi connectivity index (χ0) is 20.8. The molecule has 1 atom stereocenters. The highest BCUT2D eigenvalue weighted by Gasteiger charge is 2.22. The molecule has 2 N–H and O–H groups in total. The highest BCUT2D eigenvalue weighted by molar-refractivity contribution is 9.10. The molecule has 7 nitrogen and oxygen atoms in total. The molecule has 0 radical (unpaired) electrons. The summed E-state index contributed by atoms with van der Waals surface area (Å²) in [6.07, 6.45) is 4.43. The van der Waals surface area contributed by atoms with Crippen LogP contribution in [0.1, 0.15) is 31.9 Å². The third-order valence-electron chi connectivity index (χ3n) is 4.56. The molecular formula is C21H25BrN4O3. The lowest BCUT2D eigenvalue weighted by Gasteiger charge is -2.08. The second-order valence-electron chi connectivity index (χ2n) is 6.82. The normalized spacial score (nSPS) is 15.8. The van der Waals surface area contributed by atoms with Crippen LogP contribution in [0, 0.1) is 6.92 Å². The quantitative estimate of drug-likeness (QED) is 0.616. The number of aromatic hydroxyl groups is 1. The summed E-state index contributed by atoms with van der Waals surface area (Å²) in [5.74, 6) is 0.286. The topological polar surface area (TPSA) is 88.8 Å². The molecule has 8 heteroatoms. The standard InChI is InChI=1S/C13H10BrN3O.C8H15NO2/c1-8-6-11(9-4-2-3-5-12(9)18)16-13-10(14)7-15-17(8)13;1-2-5-9-8(10)7-4-3-6-11-7/h2-7,18H,1H3;7H,2-6H2,1H3,(H,9,10). The van der Waals surface area contributed by atoms with Crippen molar-refractivity contribution in [3.63, 3.8) is 0 Å². The number of aryl methyl sites for hydroxylation is 1. The van der Waals surface area contributed by atoms with Gasteiger partial charge in [0, 0.05) is 24.4 Å². The number of hydrogen-bond donors (Lipinski definition) is 2. The van der Waals surface area contributed by atoms with Gasteiger partial charge in [-0.25, -0.2) is 9.50 Å². The first kappa shape index (κ1) is 21.3. The maximum absolute atomic E-state index is 11.2. The molecular weight excluding hydrogens is 436 g/mol. The lowest BCUT2D eigenvalue weighted by molar-refractivity contribution is -0.130. The average Bonchev–Trinajstić information content (AvgIpc) is 3.38. The molecule has 4 rings (SSSR count). The van der Waals surface area contributed by atoms with Crippen LogP contribution in [0.25, 0.3) is 16.9 Å². The number of amides is 1. The number of benzene rings is 1. The first-order valence-electron chi connectivity index (χ1n) is 9.69. The van der Waals surface area contributed by atoms with Gasteiger partial charge in [0.25, 0.3) is 0 Å². The Hall–Kier alpha value is -2.45. The fraction of sp³-hybridized carbons (Fsp3) is 0.381. The first-order valence-corrected chi connectivity index (χ1v) is 10.5. The number of carbonyl (C=O) groups excluding carboxylic acids is 1. The summed E-state index contributed by atoms with van der Waals surface area (Å²) in [5.41, 5.74) is 3.16. The molecule has 1 unspecified atom stereocenters. The van der Waals surface area contributed by atoms with Crippen molar-refractivity contribution in [3.8, 4) is 17.0 Å². The number of para-hydroxylation sites is 1. The third kappa shape index (κ3) is 5.13. The van der Waals surface area contributed by atoms with Crippen molar-refractivity contribution >= 4 is 27.5 Å². The van der Waals surface area contributed by atoms with Gasteiger partial charge in [-0.05, 0) is 60.3 Å². The smallest absolute Gasteiger partial charge is 0.249 e. The van der Waals surface area contributed by atoms with Crippen LogP contribution in [0.2, 0.25) is 0 Å². The van der Waals surface area contributed by atoms with E-state index in [0.717, 1.165) is 59.5 Å². The number of nitrogens with zero attached hydrogens (tertiary/aromatic N) is 3. The molecule has 3 heterocycles. The van der Waals surface area contributed by atoms with Crippen LogP contribution in [0.5, 0.6) is 5.75 Å². The van der Waals surface area contributed by atoms with Gasteiger partial charge in [-0.2, -0.15) is 5.10 Å². The Morgan fingerprint density at radius 3 is 2.90 bits per heavy atom. The molecule has 1 aliphatic heterocycles. The zero-order valence-corrected chi connectivity index (χ0v) is 18.1. The Balaban J connectivity index is 0.000000188. The fourth-order valence-corrected chi connectivity index (χ4v) is 3.41. The predicted molar refractivity (Wildman–Crippen MR) is 115 cm³/mol. The van der Waals surface area contributed by atoms with Gasteiger partial charge in [0.1, 0.15) is 11.9 Å². The maximum Gasteiger partial charge on any atom is 0.249 e. The van der Waals surface area contributed by atoms with Crippen molar-refractivity contribution < 1.29 is 14.6 Å². The Morgan fingerprint density at radius 1 is 1.41 bits per heavy atom. The second kappa shape index (κ2) is 9.84. The van der Waals surface area contributed by atoms with Crippen LogP contribution >= 0.6 is 15.9 Å². The minimum atomic E-state index is -0.165. The molecule has 3 aromatic rings. The number of phenolic OH excluding ortho intramolecular Hbond substituents is 1. The summed E-state index contributed by atoms with van der Waals surface area (Å²) in [4.78, 5) is 15.7. The lowest BCUT2D eigenvalue weighted by Crippen LogP contribution is -2.34. The van der Waals surface area contributed by atoms with Gasteiger partial charge in [0.05, 0.1) is 16.4 Å². The molecule has 0 spiro atoms. The minimum absolute atomic E-state index is 0.0596. The van der Waals surface area contributed by atoms with E-state index < -0.39 is 0 Å². The summed E-state index contributed by atoms with van der Waals surface area (Å²) >= 11 is 3.42. The van der Waals surface area contributed by atoms with E-state index in [2.05, 4.69) is 31.3 Å². The number of phenols is 1. The number of nitrogens with one attached hydrogen (secondary N) is 1. The molecule has 1 amide bonds. The van der Waals surface area contributed by atoms with Crippen LogP contribution < -0.4 is 5.32 Å². The van der Waals surface area contributed by atoms with E-state index in [-0.39, 0.29) is 17.8 Å². The van der Waals surface area contributed by atoms with Gasteiger partial charge in [0.2, 0.25) is 5.91 Å². The molecule has 154 valence electrons. The second-order valence-corrected chi connectivity index (χ2v) is 7.67. The van der Waals surface area contributed by atoms with Crippen molar-refractivity contribution in [2.45, 2.75) is 39.2 Å². The van der Waals surface area contributed by atoms with E-state index >= 15 is 0 Å². The summed E-state index contributed by atoms with van der Waals surface area (Å²) in [6, 6.07) is 9.07. The Kier molecular flexibility index (Phi) is 7.22. The first-order chi connectivity index (χ1) is 14.0. The van der Waals surface area contributed by atoms with Gasteiger partial charge in [0.15, 0.2) is 5.65 Å². The van der Waals surface area contributed by atoms with Gasteiger partial charge in [-0.1, -0.05) is 19.1 Å². The molecule has 29 heavy (non-hydrogen) atoms. The van der Waals surface area contributed by atoms with E-state index in [4.69, 9.17) is 4.74 Å². The van der Waals surface area contributed by atoms with Crippen LogP contribution in [0.4, 0.5) is 0 Å². The van der Waals surface area contributed by atoms with E-state index in [1.54, 1.807) is 22.8 Å². The third-order valence-corrected chi connectivity index (χ3v) is 5.12. The van der Waals surface area contributed by atoms with Crippen LogP contribution in [-0.4, -0.2) is 44.9 Å². The zero-order valence-electron chi connectivity index (χ0n) is 16.6. The summed E-state index contributed by atoms with van der Waals surface area (Å²) in [5, 5.41) is 16.9. The highest BCUT2D eigenvalue weighted by atomic mass is 79.9. The number of rotatable bonds is 4. The molecule has 0 bridgehead atoms. The Labute approximate surface area is 178 Å². The Bertz CT molecular complexity index is 983. The van der Waals surface area contributed by atoms with Crippen molar-refractivity contribution in [3.05, 3.63) is 46.7 Å². The predicted octanol–water partition coefficient (Wildman–Crippen LogP) is 3.86. The van der Waals surface area contributed by atoms with Crippen molar-refractivity contribution in [1.82, 2.24) is 19.9 Å². The summed E-state index contributed by atoms with van der Waals surface area (Å²) < 4.78 is 7.79. The number of ether oxygens (including phenoxy) is 1. The van der Waals surface area contributed by atoms with Crippen LogP contribution in [-0.2, 0) is 9.53 Å². The molecule has 1 saturated heterocycles. The number of fused-ring (bicyclic) bond motifs is 1. The maximum atomic E-state index is 11.2. The highest BCUT2D eigenvalue weighted by Crippen LogP contribution is 2.29. The van der Waals surface area contributed by atoms with Gasteiger partial charge < -0.3 is 15.2 Å². The van der Waals surface area contributed by atoms with Crippen molar-refractivity contribution in [1.29, 1.82) is 0 Å². The largest absolute Gasteiger partial charge is 0.507 e. The van der Waals surface area contributed by atoms with Gasteiger partial charge >= 0.3 is 0 Å². The van der Waals surface area contributed by atoms with E-state index in [1.165, 1.54) is 0 Å². The molecule has 1 fully saturated rings. The average molecular weight is 461 g/mol. The van der Waals surface area contributed by atoms with Crippen LogP contribution in [0.15, 0.2) is 41.0 Å². The molecule has 0 aliphatic carbocycles. The number of hydrogen-bond acceptors (Lipinski definition) is 5. The number of halogens is 1. The summed E-state index contributed by atoms with van der Waals surface area (Å²) in [7, 11) is 0. The molecule has 2 aromatic heterocycles. The molecule has 0 saturated carbocycles. The van der Waals surface area contributed by atoms with E-state index in [0.29, 0.717) is 0 Å². The minimum Gasteiger partial charge on any atom is -0.507 e. The summed E-state index contributed by atoms with van der Waals surface area (Å²) in [6.45, 7) is 5.50. The molecule has 1 aromatic carbocycles. The van der Waals surface area contributed by atoms with E-state index in [1.807, 2.05) is 32.0 Å². The number of carbonyl (C=O) groups is 1. The van der Waals surface area contributed by atoms with Gasteiger partial charge in [-0.15, -0.1) is 0 Å². The van der Waals surface area contributed by atoms with Crippen LogP contribution in [0.3, 0.4) is 0 Å². The SMILES string of the molecule is CCCNC(=O)C1CCCO1.Cc1cc(-c2ccccc2O)nc2c(Br)cnn12.